The van der Waals surface area contributed by atoms with Crippen LogP contribution in [0.4, 0.5) is 5.69 Å². The molecule has 1 fully saturated rings. The van der Waals surface area contributed by atoms with Gasteiger partial charge in [0.25, 0.3) is 0 Å². The molecule has 3 aromatic carbocycles. The van der Waals surface area contributed by atoms with E-state index in [9.17, 15) is 4.79 Å². The van der Waals surface area contributed by atoms with E-state index in [4.69, 9.17) is 17.2 Å². The van der Waals surface area contributed by atoms with E-state index in [1.807, 2.05) is 72.8 Å². The first kappa shape index (κ1) is 25.2. The van der Waals surface area contributed by atoms with Gasteiger partial charge in [-0.15, -0.1) is 0 Å². The Morgan fingerprint density at radius 3 is 2.24 bits per heavy atom. The van der Waals surface area contributed by atoms with Crippen LogP contribution in [0.3, 0.4) is 0 Å². The summed E-state index contributed by atoms with van der Waals surface area (Å²) in [7, 11) is 1.75. The second kappa shape index (κ2) is 12.2. The lowest BCUT2D eigenvalue weighted by atomic mass is 9.83. The summed E-state index contributed by atoms with van der Waals surface area (Å²) >= 11 is 0. The van der Waals surface area contributed by atoms with Crippen molar-refractivity contribution < 1.29 is 4.79 Å². The third-order valence-electron chi connectivity index (χ3n) is 6.57. The van der Waals surface area contributed by atoms with Crippen molar-refractivity contribution in [2.24, 2.45) is 34.0 Å². The average molecular weight is 460 g/mol. The van der Waals surface area contributed by atoms with Crippen molar-refractivity contribution in [3.05, 3.63) is 78.4 Å². The van der Waals surface area contributed by atoms with Crippen molar-refractivity contribution in [3.8, 4) is 0 Å². The Bertz CT molecular complexity index is 1080. The maximum Gasteiger partial charge on any atom is 0.248 e. The van der Waals surface area contributed by atoms with Gasteiger partial charge in [0.05, 0.1) is 0 Å². The highest BCUT2D eigenvalue weighted by molar-refractivity contribution is 6.00. The van der Waals surface area contributed by atoms with Gasteiger partial charge in [0, 0.05) is 19.3 Å². The fraction of sp³-hybridized carbons (Fsp3) is 0.357. The largest absolute Gasteiger partial charge is 0.370 e. The lowest BCUT2D eigenvalue weighted by Crippen LogP contribution is -2.35. The van der Waals surface area contributed by atoms with Crippen molar-refractivity contribution in [2.45, 2.75) is 38.6 Å². The number of nitrogens with zero attached hydrogens (tertiary/aromatic N) is 2. The van der Waals surface area contributed by atoms with Gasteiger partial charge in [-0.25, -0.2) is 0 Å². The van der Waals surface area contributed by atoms with Crippen LogP contribution in [0.2, 0.25) is 0 Å². The standard InChI is InChI=1S/C19H18N2O.C9H19N3/c1-21(15-10-3-2-4-11-15)19(22)18(20)17-13-7-9-14-8-5-6-12-16(14)17;1-7-2-4-8(5-3-7)6-12-9(10)11/h2-13,18H,20H2,1H3;7-8H,2-6H2,1H3,(H4,10,11,12). The average Bonchev–Trinajstić information content (AvgIpc) is 2.87. The Kier molecular flexibility index (Phi) is 9.05. The minimum Gasteiger partial charge on any atom is -0.370 e. The summed E-state index contributed by atoms with van der Waals surface area (Å²) in [6, 6.07) is 22.7. The van der Waals surface area contributed by atoms with Crippen LogP contribution in [0.25, 0.3) is 10.8 Å². The molecule has 1 aliphatic rings. The molecule has 1 aliphatic carbocycles. The summed E-state index contributed by atoms with van der Waals surface area (Å²) in [5.41, 5.74) is 18.5. The summed E-state index contributed by atoms with van der Waals surface area (Å²) in [5.74, 6) is 1.74. The number of hydrogen-bond acceptors (Lipinski definition) is 3. The van der Waals surface area contributed by atoms with E-state index in [1.54, 1.807) is 11.9 Å². The van der Waals surface area contributed by atoms with E-state index in [0.29, 0.717) is 0 Å². The predicted molar refractivity (Wildman–Crippen MR) is 143 cm³/mol. The fourth-order valence-corrected chi connectivity index (χ4v) is 4.39. The molecule has 6 heteroatoms. The van der Waals surface area contributed by atoms with E-state index in [1.165, 1.54) is 25.7 Å². The first-order valence-electron chi connectivity index (χ1n) is 12.0. The lowest BCUT2D eigenvalue weighted by Gasteiger charge is -2.24. The number of nitrogens with two attached hydrogens (primary N) is 3. The van der Waals surface area contributed by atoms with Gasteiger partial charge in [-0.1, -0.05) is 80.4 Å². The smallest absolute Gasteiger partial charge is 0.248 e. The molecule has 0 spiro atoms. The third kappa shape index (κ3) is 6.81. The lowest BCUT2D eigenvalue weighted by molar-refractivity contribution is -0.119. The zero-order valence-corrected chi connectivity index (χ0v) is 20.2. The Morgan fingerprint density at radius 2 is 1.56 bits per heavy atom. The number of likely N-dealkylation sites (N-methyl/N-ethyl adjacent to an activating group) is 1. The maximum atomic E-state index is 12.7. The molecule has 1 atom stereocenters. The van der Waals surface area contributed by atoms with Crippen LogP contribution in [-0.2, 0) is 4.79 Å². The molecule has 0 radical (unpaired) electrons. The normalized spacial score (nSPS) is 18.3. The predicted octanol–water partition coefficient (Wildman–Crippen LogP) is 4.59. The third-order valence-corrected chi connectivity index (χ3v) is 6.57. The van der Waals surface area contributed by atoms with Crippen LogP contribution in [0.15, 0.2) is 77.8 Å². The van der Waals surface area contributed by atoms with E-state index >= 15 is 0 Å². The molecule has 1 unspecified atom stereocenters. The number of carbonyl (C=O) groups excluding carboxylic acids is 1. The van der Waals surface area contributed by atoms with E-state index < -0.39 is 6.04 Å². The molecule has 0 bridgehead atoms. The van der Waals surface area contributed by atoms with Gasteiger partial charge in [-0.05, 0) is 53.1 Å². The zero-order chi connectivity index (χ0) is 24.5. The summed E-state index contributed by atoms with van der Waals surface area (Å²) in [6.07, 6.45) is 5.26. The van der Waals surface area contributed by atoms with Gasteiger partial charge in [-0.3, -0.25) is 9.79 Å². The van der Waals surface area contributed by atoms with Gasteiger partial charge < -0.3 is 22.1 Å². The number of benzene rings is 3. The van der Waals surface area contributed by atoms with E-state index in [-0.39, 0.29) is 11.9 Å². The van der Waals surface area contributed by atoms with Gasteiger partial charge in [0.2, 0.25) is 5.91 Å². The topological polar surface area (TPSA) is 111 Å². The summed E-state index contributed by atoms with van der Waals surface area (Å²) < 4.78 is 0. The van der Waals surface area contributed by atoms with Gasteiger partial charge in [-0.2, -0.15) is 0 Å². The van der Waals surface area contributed by atoms with Crippen molar-refractivity contribution in [1.82, 2.24) is 0 Å². The number of guanidine groups is 1. The Labute approximate surface area is 202 Å². The molecule has 0 saturated heterocycles. The highest BCUT2D eigenvalue weighted by Gasteiger charge is 2.22. The van der Waals surface area contributed by atoms with Crippen LogP contribution in [0.5, 0.6) is 0 Å². The minimum absolute atomic E-state index is 0.123. The number of para-hydroxylation sites is 1. The summed E-state index contributed by atoms with van der Waals surface area (Å²) in [6.45, 7) is 3.14. The number of fused-ring (bicyclic) bond motifs is 1. The fourth-order valence-electron chi connectivity index (χ4n) is 4.39. The molecule has 34 heavy (non-hydrogen) atoms. The van der Waals surface area contributed by atoms with E-state index in [2.05, 4.69) is 11.9 Å². The number of aliphatic imine (C=N–C) groups is 1. The molecule has 0 aliphatic heterocycles. The molecular weight excluding hydrogens is 422 g/mol. The highest BCUT2D eigenvalue weighted by Crippen LogP contribution is 2.28. The summed E-state index contributed by atoms with van der Waals surface area (Å²) in [5, 5.41) is 2.11. The quantitative estimate of drug-likeness (QED) is 0.383. The SMILES string of the molecule is CC1CCC(CN=C(N)N)CC1.CN(C(=O)C(N)c1cccc2ccccc12)c1ccccc1. The first-order chi connectivity index (χ1) is 16.4. The number of hydrogen-bond donors (Lipinski definition) is 3. The first-order valence-corrected chi connectivity index (χ1v) is 12.0. The van der Waals surface area contributed by atoms with E-state index in [0.717, 1.165) is 40.4 Å². The van der Waals surface area contributed by atoms with Crippen LogP contribution in [0, 0.1) is 11.8 Å². The second-order valence-corrected chi connectivity index (χ2v) is 9.17. The van der Waals surface area contributed by atoms with Crippen LogP contribution in [-0.4, -0.2) is 25.5 Å². The zero-order valence-electron chi connectivity index (χ0n) is 20.2. The number of rotatable bonds is 5. The summed E-state index contributed by atoms with van der Waals surface area (Å²) in [4.78, 5) is 18.3. The molecule has 0 aromatic heterocycles. The van der Waals surface area contributed by atoms with Crippen molar-refractivity contribution >= 4 is 28.3 Å². The highest BCUT2D eigenvalue weighted by atomic mass is 16.2. The Hall–Kier alpha value is -3.38. The number of amides is 1. The van der Waals surface area contributed by atoms with Crippen molar-refractivity contribution in [2.75, 3.05) is 18.5 Å². The van der Waals surface area contributed by atoms with Gasteiger partial charge in [0.15, 0.2) is 5.96 Å². The van der Waals surface area contributed by atoms with Gasteiger partial charge in [0.1, 0.15) is 6.04 Å². The molecule has 3 aromatic rings. The van der Waals surface area contributed by atoms with Gasteiger partial charge >= 0.3 is 0 Å². The Balaban J connectivity index is 0.000000229. The molecule has 4 rings (SSSR count). The molecule has 6 nitrogen and oxygen atoms in total. The van der Waals surface area contributed by atoms with Crippen LogP contribution in [0.1, 0.15) is 44.2 Å². The number of carbonyl (C=O) groups is 1. The molecule has 1 amide bonds. The minimum atomic E-state index is -0.684. The maximum absolute atomic E-state index is 12.7. The Morgan fingerprint density at radius 1 is 0.941 bits per heavy atom. The van der Waals surface area contributed by atoms with Crippen LogP contribution >= 0.6 is 0 Å². The molecule has 180 valence electrons. The monoisotopic (exact) mass is 459 g/mol. The van der Waals surface area contributed by atoms with Crippen molar-refractivity contribution in [1.29, 1.82) is 0 Å². The second-order valence-electron chi connectivity index (χ2n) is 9.17. The number of anilines is 1. The molecule has 1 saturated carbocycles. The molecular formula is C28H37N5O. The van der Waals surface area contributed by atoms with Crippen LogP contribution < -0.4 is 22.1 Å². The molecule has 6 N–H and O–H groups in total. The molecule has 0 heterocycles. The van der Waals surface area contributed by atoms with Crippen molar-refractivity contribution in [3.63, 3.8) is 0 Å².